The SMILES string of the molecule is CCCCCCCCC(CCCCCC)C(=O)OCCCCC(CCCCOC(=O)C(CCCCCC)CCCCCCCC)OC(=O)NCCN(C)CCN(C)C. The maximum absolute atomic E-state index is 13.2. The molecule has 0 aromatic heterocycles. The van der Waals surface area contributed by atoms with Crippen LogP contribution < -0.4 is 5.32 Å². The predicted molar refractivity (Wildman–Crippen MR) is 244 cm³/mol. The van der Waals surface area contributed by atoms with Crippen molar-refractivity contribution in [1.82, 2.24) is 15.1 Å². The van der Waals surface area contributed by atoms with E-state index in [0.29, 0.717) is 32.6 Å². The second-order valence-corrected chi connectivity index (χ2v) is 17.6. The van der Waals surface area contributed by atoms with E-state index in [0.717, 1.165) is 96.7 Å². The van der Waals surface area contributed by atoms with E-state index in [1.165, 1.54) is 103 Å². The minimum absolute atomic E-state index is 0.00530. The highest BCUT2D eigenvalue weighted by molar-refractivity contribution is 5.72. The average Bonchev–Trinajstić information content (AvgIpc) is 3.20. The smallest absolute Gasteiger partial charge is 0.407 e. The third kappa shape index (κ3) is 36.0. The first-order chi connectivity index (χ1) is 28.2. The number of hydrogen-bond acceptors (Lipinski definition) is 8. The Bertz CT molecular complexity index is 880. The Morgan fingerprint density at radius 3 is 1.21 bits per heavy atom. The van der Waals surface area contributed by atoms with Crippen LogP contribution in [0.4, 0.5) is 4.79 Å². The molecule has 0 fully saturated rings. The molecule has 58 heavy (non-hydrogen) atoms. The van der Waals surface area contributed by atoms with Crippen LogP contribution in [0.25, 0.3) is 0 Å². The zero-order valence-electron chi connectivity index (χ0n) is 39.5. The van der Waals surface area contributed by atoms with Crippen LogP contribution in [0.2, 0.25) is 0 Å². The van der Waals surface area contributed by atoms with Gasteiger partial charge in [-0.1, -0.05) is 156 Å². The molecule has 0 aliphatic carbocycles. The van der Waals surface area contributed by atoms with Crippen LogP contribution in [0.15, 0.2) is 0 Å². The molecular weight excluding hydrogens is 727 g/mol. The molecule has 1 N–H and O–H groups in total. The fourth-order valence-electron chi connectivity index (χ4n) is 7.55. The van der Waals surface area contributed by atoms with Crippen LogP contribution in [0, 0.1) is 11.8 Å². The van der Waals surface area contributed by atoms with Crippen molar-refractivity contribution in [2.75, 3.05) is 60.5 Å². The van der Waals surface area contributed by atoms with Gasteiger partial charge < -0.3 is 29.3 Å². The molecule has 0 aromatic carbocycles. The van der Waals surface area contributed by atoms with Gasteiger partial charge in [-0.15, -0.1) is 0 Å². The molecule has 9 heteroatoms. The van der Waals surface area contributed by atoms with Crippen molar-refractivity contribution in [2.45, 2.75) is 226 Å². The zero-order chi connectivity index (χ0) is 42.9. The number of nitrogens with zero attached hydrogens (tertiary/aromatic N) is 2. The summed E-state index contributed by atoms with van der Waals surface area (Å²) in [5.41, 5.74) is 0. The molecule has 0 aliphatic heterocycles. The van der Waals surface area contributed by atoms with Crippen molar-refractivity contribution in [1.29, 1.82) is 0 Å². The lowest BCUT2D eigenvalue weighted by Gasteiger charge is -2.21. The molecule has 0 heterocycles. The summed E-state index contributed by atoms with van der Waals surface area (Å²) in [5, 5.41) is 2.95. The van der Waals surface area contributed by atoms with Gasteiger partial charge in [0.15, 0.2) is 0 Å². The Balaban J connectivity index is 5.05. The highest BCUT2D eigenvalue weighted by Gasteiger charge is 2.21. The first kappa shape index (κ1) is 56.1. The average molecular weight is 824 g/mol. The number of amides is 1. The van der Waals surface area contributed by atoms with E-state index in [4.69, 9.17) is 14.2 Å². The lowest BCUT2D eigenvalue weighted by molar-refractivity contribution is -0.150. The third-order valence-electron chi connectivity index (χ3n) is 11.6. The second-order valence-electron chi connectivity index (χ2n) is 17.6. The van der Waals surface area contributed by atoms with Crippen molar-refractivity contribution in [3.63, 3.8) is 0 Å². The van der Waals surface area contributed by atoms with Crippen molar-refractivity contribution >= 4 is 18.0 Å². The molecule has 1 amide bonds. The van der Waals surface area contributed by atoms with Gasteiger partial charge in [0.25, 0.3) is 0 Å². The van der Waals surface area contributed by atoms with Gasteiger partial charge in [-0.25, -0.2) is 4.79 Å². The summed E-state index contributed by atoms with van der Waals surface area (Å²) >= 11 is 0. The monoisotopic (exact) mass is 824 g/mol. The van der Waals surface area contributed by atoms with Crippen LogP contribution in [-0.4, -0.2) is 94.5 Å². The van der Waals surface area contributed by atoms with E-state index in [-0.39, 0.29) is 36.0 Å². The number of ether oxygens (including phenoxy) is 3. The normalized spacial score (nSPS) is 13.1. The quantitative estimate of drug-likeness (QED) is 0.0369. The first-order valence-electron chi connectivity index (χ1n) is 24.8. The molecule has 2 unspecified atom stereocenters. The summed E-state index contributed by atoms with van der Waals surface area (Å²) < 4.78 is 17.7. The first-order valence-corrected chi connectivity index (χ1v) is 24.8. The van der Waals surface area contributed by atoms with Crippen molar-refractivity contribution in [3.05, 3.63) is 0 Å². The lowest BCUT2D eigenvalue weighted by atomic mass is 9.94. The summed E-state index contributed by atoms with van der Waals surface area (Å²) in [6.07, 6.45) is 31.8. The maximum Gasteiger partial charge on any atom is 0.407 e. The van der Waals surface area contributed by atoms with E-state index in [2.05, 4.69) is 64.0 Å². The van der Waals surface area contributed by atoms with E-state index in [1.807, 2.05) is 0 Å². The number of carbonyl (C=O) groups is 3. The van der Waals surface area contributed by atoms with Crippen LogP contribution in [0.1, 0.15) is 220 Å². The second kappa shape index (κ2) is 41.8. The molecule has 2 atom stereocenters. The molecule has 0 aromatic rings. The highest BCUT2D eigenvalue weighted by Crippen LogP contribution is 2.23. The molecule has 0 bridgehead atoms. The van der Waals surface area contributed by atoms with Gasteiger partial charge in [-0.2, -0.15) is 0 Å². The van der Waals surface area contributed by atoms with E-state index < -0.39 is 0 Å². The summed E-state index contributed by atoms with van der Waals surface area (Å²) in [6.45, 7) is 12.9. The lowest BCUT2D eigenvalue weighted by Crippen LogP contribution is -2.37. The van der Waals surface area contributed by atoms with Gasteiger partial charge >= 0.3 is 18.0 Å². The molecule has 0 saturated heterocycles. The van der Waals surface area contributed by atoms with Crippen LogP contribution in [0.3, 0.4) is 0 Å². The Morgan fingerprint density at radius 1 is 0.448 bits per heavy atom. The topological polar surface area (TPSA) is 97.4 Å². The molecule has 0 rings (SSSR count). The summed E-state index contributed by atoms with van der Waals surface area (Å²) in [6, 6.07) is 0. The van der Waals surface area contributed by atoms with Crippen LogP contribution >= 0.6 is 0 Å². The molecular formula is C49H97N3O6. The van der Waals surface area contributed by atoms with Gasteiger partial charge in [0.1, 0.15) is 6.10 Å². The minimum Gasteiger partial charge on any atom is -0.465 e. The number of carbonyl (C=O) groups excluding carboxylic acids is 3. The van der Waals surface area contributed by atoms with Gasteiger partial charge in [0, 0.05) is 26.2 Å². The molecule has 0 radical (unpaired) electrons. The number of unbranched alkanes of at least 4 members (excludes halogenated alkanes) is 18. The van der Waals surface area contributed by atoms with Gasteiger partial charge in [-0.05, 0) is 85.4 Å². The van der Waals surface area contributed by atoms with Crippen molar-refractivity contribution in [3.8, 4) is 0 Å². The summed E-state index contributed by atoms with van der Waals surface area (Å²) in [5.74, 6) is -0.0496. The molecule has 344 valence electrons. The Hall–Kier alpha value is -1.87. The minimum atomic E-state index is -0.384. The number of nitrogens with one attached hydrogen (secondary N) is 1. The maximum atomic E-state index is 13.2. The Kier molecular flexibility index (Phi) is 40.5. The van der Waals surface area contributed by atoms with E-state index >= 15 is 0 Å². The molecule has 0 spiro atoms. The number of esters is 2. The van der Waals surface area contributed by atoms with Crippen molar-refractivity contribution < 1.29 is 28.6 Å². The van der Waals surface area contributed by atoms with Gasteiger partial charge in [-0.3, -0.25) is 9.59 Å². The van der Waals surface area contributed by atoms with E-state index in [1.54, 1.807) is 0 Å². The summed E-state index contributed by atoms with van der Waals surface area (Å²) in [7, 11) is 6.18. The molecule has 0 saturated carbocycles. The van der Waals surface area contributed by atoms with Crippen LogP contribution in [-0.2, 0) is 23.8 Å². The standard InChI is InChI=1S/C49H97N3O6/c1-8-12-16-20-22-26-34-44(32-24-18-14-10-3)47(53)56-42-30-28-36-46(58-49(55)50-38-39-52(7)41-40-51(5)6)37-29-31-43-57-48(54)45(33-25-19-15-11-4)35-27-23-21-17-13-9-2/h44-46H,8-43H2,1-7H3,(H,50,55). The van der Waals surface area contributed by atoms with Crippen LogP contribution in [0.5, 0.6) is 0 Å². The predicted octanol–water partition coefficient (Wildman–Crippen LogP) is 12.7. The zero-order valence-corrected chi connectivity index (χ0v) is 39.5. The number of likely N-dealkylation sites (N-methyl/N-ethyl adjacent to an activating group) is 2. The van der Waals surface area contributed by atoms with E-state index in [9.17, 15) is 14.4 Å². The Labute approximate surface area is 359 Å². The fourth-order valence-corrected chi connectivity index (χ4v) is 7.55. The number of rotatable bonds is 43. The van der Waals surface area contributed by atoms with Gasteiger partial charge in [0.2, 0.25) is 0 Å². The largest absolute Gasteiger partial charge is 0.465 e. The fraction of sp³-hybridized carbons (Fsp3) is 0.939. The molecule has 9 nitrogen and oxygen atoms in total. The number of hydrogen-bond donors (Lipinski definition) is 1. The number of alkyl carbamates (subject to hydrolysis) is 1. The summed E-state index contributed by atoms with van der Waals surface area (Å²) in [4.78, 5) is 43.6. The molecule has 0 aliphatic rings. The van der Waals surface area contributed by atoms with Gasteiger partial charge in [0.05, 0.1) is 25.0 Å². The third-order valence-corrected chi connectivity index (χ3v) is 11.6. The van der Waals surface area contributed by atoms with Crippen molar-refractivity contribution in [2.24, 2.45) is 11.8 Å². The Morgan fingerprint density at radius 2 is 0.810 bits per heavy atom. The highest BCUT2D eigenvalue weighted by atomic mass is 16.6.